The van der Waals surface area contributed by atoms with E-state index in [0.29, 0.717) is 12.0 Å². The summed E-state index contributed by atoms with van der Waals surface area (Å²) in [4.78, 5) is 0. The molecule has 0 heterocycles. The summed E-state index contributed by atoms with van der Waals surface area (Å²) in [7, 11) is -1.38. The van der Waals surface area contributed by atoms with Crippen LogP contribution in [0.4, 0.5) is 0 Å². The van der Waals surface area contributed by atoms with Crippen LogP contribution in [0.1, 0.15) is 18.9 Å². The normalized spacial score (nSPS) is 9.53. The molecule has 0 aromatic heterocycles. The van der Waals surface area contributed by atoms with Crippen LogP contribution >= 0.6 is 12.4 Å². The summed E-state index contributed by atoms with van der Waals surface area (Å²) in [5.74, 6) is 0. The van der Waals surface area contributed by atoms with E-state index in [4.69, 9.17) is 10.0 Å². The lowest BCUT2D eigenvalue weighted by molar-refractivity contribution is 0.425. The van der Waals surface area contributed by atoms with Crippen molar-refractivity contribution in [2.24, 2.45) is 0 Å². The van der Waals surface area contributed by atoms with Crippen molar-refractivity contribution in [1.82, 2.24) is 5.32 Å². The van der Waals surface area contributed by atoms with Crippen molar-refractivity contribution in [2.75, 3.05) is 6.54 Å². The van der Waals surface area contributed by atoms with Gasteiger partial charge in [0.25, 0.3) is 0 Å². The maximum absolute atomic E-state index is 9.09. The third kappa shape index (κ3) is 4.66. The van der Waals surface area contributed by atoms with Gasteiger partial charge in [-0.05, 0) is 24.0 Å². The molecule has 5 heteroatoms. The molecule has 0 aliphatic rings. The highest BCUT2D eigenvalue weighted by Crippen LogP contribution is 1.96. The highest BCUT2D eigenvalue weighted by Gasteiger charge is 2.14. The number of halogens is 1. The Morgan fingerprint density at radius 2 is 1.93 bits per heavy atom. The Bertz CT molecular complexity index is 284. The van der Waals surface area contributed by atoms with E-state index < -0.39 is 7.12 Å². The van der Waals surface area contributed by atoms with E-state index in [9.17, 15) is 0 Å². The van der Waals surface area contributed by atoms with Crippen LogP contribution in [0.5, 0.6) is 0 Å². The molecule has 3 nitrogen and oxygen atoms in total. The topological polar surface area (TPSA) is 52.5 Å². The fraction of sp³-hybridized carbons (Fsp3) is 0.400. The molecular weight excluding hydrogens is 212 g/mol. The van der Waals surface area contributed by atoms with Crippen LogP contribution in [0.2, 0.25) is 0 Å². The average Bonchev–Trinajstić information content (AvgIpc) is 2.19. The number of benzene rings is 1. The van der Waals surface area contributed by atoms with Crippen molar-refractivity contribution in [1.29, 1.82) is 0 Å². The Labute approximate surface area is 97.1 Å². The zero-order chi connectivity index (χ0) is 10.4. The van der Waals surface area contributed by atoms with E-state index in [1.807, 2.05) is 12.1 Å². The van der Waals surface area contributed by atoms with E-state index in [1.54, 1.807) is 12.1 Å². The van der Waals surface area contributed by atoms with Crippen LogP contribution < -0.4 is 10.8 Å². The van der Waals surface area contributed by atoms with E-state index >= 15 is 0 Å². The molecule has 0 unspecified atom stereocenters. The van der Waals surface area contributed by atoms with Crippen LogP contribution in [0, 0.1) is 0 Å². The molecule has 0 radical (unpaired) electrons. The van der Waals surface area contributed by atoms with Gasteiger partial charge in [-0.3, -0.25) is 0 Å². The van der Waals surface area contributed by atoms with Gasteiger partial charge in [-0.1, -0.05) is 31.2 Å². The number of nitrogens with one attached hydrogen (secondary N) is 1. The molecule has 3 N–H and O–H groups in total. The molecule has 0 amide bonds. The molecule has 0 aliphatic heterocycles. The quantitative estimate of drug-likeness (QED) is 0.502. The van der Waals surface area contributed by atoms with Crippen molar-refractivity contribution in [3.05, 3.63) is 29.8 Å². The SMILES string of the molecule is CCCNCc1ccccc1B(O)O.Cl. The summed E-state index contributed by atoms with van der Waals surface area (Å²) in [5, 5.41) is 21.4. The summed E-state index contributed by atoms with van der Waals surface area (Å²) in [5.41, 5.74) is 1.52. The Balaban J connectivity index is 0.00000196. The van der Waals surface area contributed by atoms with Crippen LogP contribution in [-0.2, 0) is 6.54 Å². The second-order valence-electron chi connectivity index (χ2n) is 3.25. The predicted molar refractivity (Wildman–Crippen MR) is 65.5 cm³/mol. The van der Waals surface area contributed by atoms with Crippen molar-refractivity contribution >= 4 is 25.0 Å². The summed E-state index contributed by atoms with van der Waals surface area (Å²) < 4.78 is 0. The molecule has 1 aromatic carbocycles. The van der Waals surface area contributed by atoms with Gasteiger partial charge in [0.1, 0.15) is 0 Å². The maximum atomic E-state index is 9.09. The molecule has 15 heavy (non-hydrogen) atoms. The zero-order valence-corrected chi connectivity index (χ0v) is 9.63. The summed E-state index contributed by atoms with van der Waals surface area (Å²) in [6, 6.07) is 7.33. The Kier molecular flexibility index (Phi) is 7.43. The molecule has 0 saturated carbocycles. The molecule has 0 aliphatic carbocycles. The molecular formula is C10H17BClNO2. The minimum absolute atomic E-state index is 0. The third-order valence-corrected chi connectivity index (χ3v) is 2.08. The van der Waals surface area contributed by atoms with Gasteiger partial charge in [0.15, 0.2) is 0 Å². The number of hydrogen-bond acceptors (Lipinski definition) is 3. The molecule has 1 aromatic rings. The first-order valence-electron chi connectivity index (χ1n) is 4.90. The summed E-state index contributed by atoms with van der Waals surface area (Å²) in [6.45, 7) is 3.72. The molecule has 0 spiro atoms. The molecule has 0 atom stereocenters. The van der Waals surface area contributed by atoms with Gasteiger partial charge >= 0.3 is 7.12 Å². The van der Waals surface area contributed by atoms with Gasteiger partial charge in [0, 0.05) is 6.54 Å². The van der Waals surface area contributed by atoms with Gasteiger partial charge < -0.3 is 15.4 Å². The first-order chi connectivity index (χ1) is 6.75. The maximum Gasteiger partial charge on any atom is 0.488 e. The zero-order valence-electron chi connectivity index (χ0n) is 8.81. The first kappa shape index (κ1) is 14.5. The first-order valence-corrected chi connectivity index (χ1v) is 4.90. The van der Waals surface area contributed by atoms with Gasteiger partial charge in [0.05, 0.1) is 0 Å². The van der Waals surface area contributed by atoms with Crippen molar-refractivity contribution in [2.45, 2.75) is 19.9 Å². The van der Waals surface area contributed by atoms with E-state index in [-0.39, 0.29) is 12.4 Å². The fourth-order valence-corrected chi connectivity index (χ4v) is 1.35. The van der Waals surface area contributed by atoms with Crippen molar-refractivity contribution < 1.29 is 10.0 Å². The standard InChI is InChI=1S/C10H16BNO2.ClH/c1-2-7-12-8-9-5-3-4-6-10(9)11(13)14;/h3-6,12-14H,2,7-8H2,1H3;1H. The lowest BCUT2D eigenvalue weighted by Crippen LogP contribution is -2.34. The average molecular weight is 230 g/mol. The minimum atomic E-state index is -1.38. The summed E-state index contributed by atoms with van der Waals surface area (Å²) >= 11 is 0. The van der Waals surface area contributed by atoms with E-state index in [2.05, 4.69) is 12.2 Å². The highest BCUT2D eigenvalue weighted by atomic mass is 35.5. The second kappa shape index (κ2) is 7.71. The van der Waals surface area contributed by atoms with Crippen LogP contribution in [0.15, 0.2) is 24.3 Å². The number of hydrogen-bond donors (Lipinski definition) is 3. The van der Waals surface area contributed by atoms with E-state index in [1.165, 1.54) is 0 Å². The smallest absolute Gasteiger partial charge is 0.423 e. The Morgan fingerprint density at radius 3 is 2.53 bits per heavy atom. The molecule has 1 rings (SSSR count). The summed E-state index contributed by atoms with van der Waals surface area (Å²) in [6.07, 6.45) is 1.07. The van der Waals surface area contributed by atoms with Gasteiger partial charge in [-0.2, -0.15) is 0 Å². The predicted octanol–water partition coefficient (Wildman–Crippen LogP) is 0.288. The lowest BCUT2D eigenvalue weighted by Gasteiger charge is -2.08. The third-order valence-electron chi connectivity index (χ3n) is 2.08. The highest BCUT2D eigenvalue weighted by molar-refractivity contribution is 6.59. The number of rotatable bonds is 5. The Hall–Kier alpha value is -0.545. The van der Waals surface area contributed by atoms with Gasteiger partial charge in [-0.15, -0.1) is 12.4 Å². The van der Waals surface area contributed by atoms with Crippen LogP contribution in [0.3, 0.4) is 0 Å². The van der Waals surface area contributed by atoms with Crippen molar-refractivity contribution in [3.8, 4) is 0 Å². The monoisotopic (exact) mass is 229 g/mol. The van der Waals surface area contributed by atoms with Gasteiger partial charge in [-0.25, -0.2) is 0 Å². The van der Waals surface area contributed by atoms with Gasteiger partial charge in [0.2, 0.25) is 0 Å². The second-order valence-corrected chi connectivity index (χ2v) is 3.25. The lowest BCUT2D eigenvalue weighted by atomic mass is 9.77. The molecule has 0 saturated heterocycles. The molecule has 0 bridgehead atoms. The minimum Gasteiger partial charge on any atom is -0.423 e. The van der Waals surface area contributed by atoms with Crippen molar-refractivity contribution in [3.63, 3.8) is 0 Å². The van der Waals surface area contributed by atoms with Crippen LogP contribution in [-0.4, -0.2) is 23.7 Å². The Morgan fingerprint density at radius 1 is 1.27 bits per heavy atom. The van der Waals surface area contributed by atoms with Crippen LogP contribution in [0.25, 0.3) is 0 Å². The largest absolute Gasteiger partial charge is 0.488 e. The molecule has 0 fully saturated rings. The molecule has 84 valence electrons. The fourth-order valence-electron chi connectivity index (χ4n) is 1.35. The van der Waals surface area contributed by atoms with E-state index in [0.717, 1.165) is 18.5 Å².